The Hall–Kier alpha value is -1.13. The Morgan fingerprint density at radius 3 is 2.95 bits per heavy atom. The van der Waals surface area contributed by atoms with E-state index in [0.717, 1.165) is 37.2 Å². The van der Waals surface area contributed by atoms with E-state index in [9.17, 15) is 0 Å². The van der Waals surface area contributed by atoms with Crippen molar-refractivity contribution >= 4 is 21.6 Å². The summed E-state index contributed by atoms with van der Waals surface area (Å²) in [6.45, 7) is 8.74. The van der Waals surface area contributed by atoms with Crippen LogP contribution in [0.3, 0.4) is 0 Å². The molecule has 108 valence electrons. The summed E-state index contributed by atoms with van der Waals surface area (Å²) in [5.41, 5.74) is 1.30. The number of aromatic nitrogens is 1. The van der Waals surface area contributed by atoms with Crippen LogP contribution in [0.4, 0.5) is 0 Å². The maximum Gasteiger partial charge on any atom is 0.146 e. The normalized spacial score (nSPS) is 19.6. The second-order valence-corrected chi connectivity index (χ2v) is 7.80. The number of benzene rings is 1. The smallest absolute Gasteiger partial charge is 0.146 e. The second-order valence-electron chi connectivity index (χ2n) is 6.68. The molecule has 2 aromatic rings. The van der Waals surface area contributed by atoms with Gasteiger partial charge in [-0.25, -0.2) is 4.98 Å². The molecule has 1 aliphatic rings. The average Bonchev–Trinajstić information content (AvgIpc) is 2.96. The van der Waals surface area contributed by atoms with Crippen molar-refractivity contribution in [2.24, 2.45) is 5.41 Å². The molecule has 2 heterocycles. The van der Waals surface area contributed by atoms with Crippen molar-refractivity contribution in [2.45, 2.75) is 39.7 Å². The van der Waals surface area contributed by atoms with E-state index in [2.05, 4.69) is 38.2 Å². The van der Waals surface area contributed by atoms with Crippen LogP contribution in [0.2, 0.25) is 0 Å². The Labute approximate surface area is 124 Å². The number of thiazole rings is 1. The van der Waals surface area contributed by atoms with Crippen LogP contribution in [0, 0.1) is 5.41 Å². The van der Waals surface area contributed by atoms with E-state index in [-0.39, 0.29) is 11.5 Å². The molecule has 0 amide bonds. The predicted molar refractivity (Wildman–Crippen MR) is 84.7 cm³/mol. The van der Waals surface area contributed by atoms with Crippen LogP contribution in [-0.2, 0) is 6.42 Å². The summed E-state index contributed by atoms with van der Waals surface area (Å²) in [7, 11) is 0. The van der Waals surface area contributed by atoms with Crippen molar-refractivity contribution in [2.75, 3.05) is 13.1 Å². The topological polar surface area (TPSA) is 34.1 Å². The van der Waals surface area contributed by atoms with Gasteiger partial charge in [-0.15, -0.1) is 11.3 Å². The largest absolute Gasteiger partial charge is 0.487 e. The molecule has 0 aliphatic carbocycles. The number of nitrogens with zero attached hydrogens (tertiary/aromatic N) is 1. The van der Waals surface area contributed by atoms with Gasteiger partial charge in [0.05, 0.1) is 9.71 Å². The first-order valence-corrected chi connectivity index (χ1v) is 8.09. The van der Waals surface area contributed by atoms with Crippen LogP contribution in [0.25, 0.3) is 10.2 Å². The molecular weight excluding hydrogens is 268 g/mol. The molecule has 1 fully saturated rings. The highest BCUT2D eigenvalue weighted by Crippen LogP contribution is 2.33. The van der Waals surface area contributed by atoms with Gasteiger partial charge in [0, 0.05) is 13.0 Å². The number of ether oxygens (including phenoxy) is 1. The zero-order chi connectivity index (χ0) is 14.2. The van der Waals surface area contributed by atoms with Gasteiger partial charge in [0.25, 0.3) is 0 Å². The Bertz CT molecular complexity index is 594. The SMILES string of the molecule is CC(C)(C)Cc1nc2c(OC3CCNC3)cccc2s1. The maximum absolute atomic E-state index is 6.11. The molecule has 3 rings (SSSR count). The van der Waals surface area contributed by atoms with Gasteiger partial charge < -0.3 is 10.1 Å². The van der Waals surface area contributed by atoms with E-state index < -0.39 is 0 Å². The zero-order valence-electron chi connectivity index (χ0n) is 12.4. The zero-order valence-corrected chi connectivity index (χ0v) is 13.2. The first-order valence-electron chi connectivity index (χ1n) is 7.27. The average molecular weight is 290 g/mol. The molecule has 0 saturated carbocycles. The minimum absolute atomic E-state index is 0.268. The fourth-order valence-corrected chi connectivity index (χ4v) is 3.79. The molecule has 1 aromatic carbocycles. The molecule has 1 unspecified atom stereocenters. The number of hydrogen-bond acceptors (Lipinski definition) is 4. The van der Waals surface area contributed by atoms with E-state index in [4.69, 9.17) is 9.72 Å². The fraction of sp³-hybridized carbons (Fsp3) is 0.562. The van der Waals surface area contributed by atoms with Crippen molar-refractivity contribution in [3.05, 3.63) is 23.2 Å². The van der Waals surface area contributed by atoms with Crippen molar-refractivity contribution in [1.82, 2.24) is 10.3 Å². The number of fused-ring (bicyclic) bond motifs is 1. The molecule has 1 saturated heterocycles. The summed E-state index contributed by atoms with van der Waals surface area (Å²) in [4.78, 5) is 4.81. The van der Waals surface area contributed by atoms with Crippen molar-refractivity contribution in [1.29, 1.82) is 0 Å². The van der Waals surface area contributed by atoms with Gasteiger partial charge in [0.2, 0.25) is 0 Å². The van der Waals surface area contributed by atoms with E-state index in [1.165, 1.54) is 9.71 Å². The minimum Gasteiger partial charge on any atom is -0.487 e. The Morgan fingerprint density at radius 1 is 1.40 bits per heavy atom. The lowest BCUT2D eigenvalue weighted by atomic mass is 9.93. The molecule has 1 atom stereocenters. The lowest BCUT2D eigenvalue weighted by Gasteiger charge is -2.15. The monoisotopic (exact) mass is 290 g/mol. The van der Waals surface area contributed by atoms with Gasteiger partial charge in [-0.05, 0) is 30.5 Å². The third-order valence-corrected chi connectivity index (χ3v) is 4.44. The molecule has 0 bridgehead atoms. The van der Waals surface area contributed by atoms with Crippen LogP contribution in [-0.4, -0.2) is 24.2 Å². The summed E-state index contributed by atoms with van der Waals surface area (Å²) in [6.07, 6.45) is 2.37. The van der Waals surface area contributed by atoms with Crippen LogP contribution in [0.5, 0.6) is 5.75 Å². The number of hydrogen-bond donors (Lipinski definition) is 1. The standard InChI is InChI=1S/C16H22N2OS/c1-16(2,3)9-14-18-15-12(5-4-6-13(15)20-14)19-11-7-8-17-10-11/h4-6,11,17H,7-10H2,1-3H3. The highest BCUT2D eigenvalue weighted by atomic mass is 32.1. The molecule has 20 heavy (non-hydrogen) atoms. The summed E-state index contributed by atoms with van der Waals surface area (Å²) in [5, 5.41) is 4.54. The Kier molecular flexibility index (Phi) is 3.69. The molecule has 4 heteroatoms. The molecule has 1 aromatic heterocycles. The third kappa shape index (κ3) is 3.13. The van der Waals surface area contributed by atoms with Gasteiger partial charge >= 0.3 is 0 Å². The first-order chi connectivity index (χ1) is 9.51. The Morgan fingerprint density at radius 2 is 2.25 bits per heavy atom. The van der Waals surface area contributed by atoms with Crippen molar-refractivity contribution in [3.63, 3.8) is 0 Å². The van der Waals surface area contributed by atoms with E-state index in [1.807, 2.05) is 6.07 Å². The van der Waals surface area contributed by atoms with Gasteiger partial charge in [-0.3, -0.25) is 0 Å². The van der Waals surface area contributed by atoms with E-state index in [0.29, 0.717) is 0 Å². The molecule has 1 aliphatic heterocycles. The molecule has 0 radical (unpaired) electrons. The number of para-hydroxylation sites is 1. The van der Waals surface area contributed by atoms with Crippen LogP contribution in [0.15, 0.2) is 18.2 Å². The van der Waals surface area contributed by atoms with Crippen LogP contribution >= 0.6 is 11.3 Å². The van der Waals surface area contributed by atoms with Gasteiger partial charge in [0.15, 0.2) is 0 Å². The predicted octanol–water partition coefficient (Wildman–Crippen LogP) is 3.63. The number of nitrogens with one attached hydrogen (secondary N) is 1. The molecule has 1 N–H and O–H groups in total. The van der Waals surface area contributed by atoms with Crippen molar-refractivity contribution < 1.29 is 4.74 Å². The Balaban J connectivity index is 1.88. The quantitative estimate of drug-likeness (QED) is 0.937. The molecule has 3 nitrogen and oxygen atoms in total. The summed E-state index contributed by atoms with van der Waals surface area (Å²) >= 11 is 1.79. The number of rotatable bonds is 3. The summed E-state index contributed by atoms with van der Waals surface area (Å²) in [6, 6.07) is 6.25. The molecule has 0 spiro atoms. The summed E-state index contributed by atoms with van der Waals surface area (Å²) < 4.78 is 7.34. The second kappa shape index (κ2) is 5.34. The lowest BCUT2D eigenvalue weighted by molar-refractivity contribution is 0.225. The highest BCUT2D eigenvalue weighted by Gasteiger charge is 2.19. The fourth-order valence-electron chi connectivity index (χ4n) is 2.50. The van der Waals surface area contributed by atoms with Gasteiger partial charge in [-0.2, -0.15) is 0 Å². The molecular formula is C16H22N2OS. The van der Waals surface area contributed by atoms with Crippen molar-refractivity contribution in [3.8, 4) is 5.75 Å². The van der Waals surface area contributed by atoms with Crippen LogP contribution < -0.4 is 10.1 Å². The lowest BCUT2D eigenvalue weighted by Crippen LogP contribution is -2.19. The summed E-state index contributed by atoms with van der Waals surface area (Å²) in [5.74, 6) is 0.938. The van der Waals surface area contributed by atoms with E-state index >= 15 is 0 Å². The van der Waals surface area contributed by atoms with Gasteiger partial charge in [-0.1, -0.05) is 26.8 Å². The van der Waals surface area contributed by atoms with Crippen LogP contribution in [0.1, 0.15) is 32.2 Å². The minimum atomic E-state index is 0.268. The highest BCUT2D eigenvalue weighted by molar-refractivity contribution is 7.18. The van der Waals surface area contributed by atoms with E-state index in [1.54, 1.807) is 11.3 Å². The first kappa shape index (κ1) is 13.8. The maximum atomic E-state index is 6.11. The third-order valence-electron chi connectivity index (χ3n) is 3.42. The van der Waals surface area contributed by atoms with Gasteiger partial charge in [0.1, 0.15) is 17.4 Å².